The molecule has 4 nitrogen and oxygen atoms in total. The number of allylic oxidation sites excluding steroid dienone is 1. The minimum absolute atomic E-state index is 0.318. The van der Waals surface area contributed by atoms with Gasteiger partial charge in [0.15, 0.2) is 0 Å². The Kier molecular flexibility index (Phi) is 3.92. The van der Waals surface area contributed by atoms with Crippen LogP contribution in [-0.4, -0.2) is 25.5 Å². The second-order valence-corrected chi connectivity index (χ2v) is 2.86. The van der Waals surface area contributed by atoms with Crippen LogP contribution < -0.4 is 5.32 Å². The lowest BCUT2D eigenvalue weighted by Gasteiger charge is -2.10. The minimum atomic E-state index is -0.562. The second-order valence-electron chi connectivity index (χ2n) is 2.86. The Morgan fingerprint density at radius 3 is 3.08 bits per heavy atom. The van der Waals surface area contributed by atoms with Gasteiger partial charge >= 0.3 is 5.97 Å². The van der Waals surface area contributed by atoms with Gasteiger partial charge in [0, 0.05) is 12.1 Å². The molecule has 1 aliphatic heterocycles. The number of ether oxygens (including phenoxy) is 2. The largest absolute Gasteiger partial charge is 0.418 e. The normalized spacial score (nSPS) is 23.2. The maximum absolute atomic E-state index is 11.3. The Morgan fingerprint density at radius 1 is 1.77 bits per heavy atom. The highest BCUT2D eigenvalue weighted by Gasteiger charge is 2.19. The molecule has 0 aromatic heterocycles. The van der Waals surface area contributed by atoms with Crippen LogP contribution in [0.2, 0.25) is 0 Å². The quantitative estimate of drug-likeness (QED) is 0.521. The van der Waals surface area contributed by atoms with E-state index >= 15 is 0 Å². The molecule has 74 valence electrons. The van der Waals surface area contributed by atoms with Gasteiger partial charge in [-0.2, -0.15) is 0 Å². The lowest BCUT2D eigenvalue weighted by molar-refractivity contribution is -0.168. The summed E-state index contributed by atoms with van der Waals surface area (Å²) in [5.74, 6) is -0.318. The van der Waals surface area contributed by atoms with Crippen molar-refractivity contribution in [1.82, 2.24) is 5.32 Å². The fourth-order valence-corrected chi connectivity index (χ4v) is 1.06. The zero-order valence-electron chi connectivity index (χ0n) is 8.00. The van der Waals surface area contributed by atoms with Gasteiger partial charge in [-0.25, -0.2) is 4.79 Å². The molecule has 4 heteroatoms. The first-order valence-electron chi connectivity index (χ1n) is 4.46. The molecule has 0 saturated carbocycles. The molecule has 1 fully saturated rings. The van der Waals surface area contributed by atoms with Crippen molar-refractivity contribution in [2.75, 3.05) is 13.2 Å². The monoisotopic (exact) mass is 185 g/mol. The van der Waals surface area contributed by atoms with Crippen molar-refractivity contribution in [3.8, 4) is 0 Å². The van der Waals surface area contributed by atoms with E-state index in [2.05, 4.69) is 5.32 Å². The van der Waals surface area contributed by atoms with Crippen LogP contribution in [0, 0.1) is 0 Å². The van der Waals surface area contributed by atoms with Gasteiger partial charge in [-0.05, 0) is 13.3 Å². The first kappa shape index (κ1) is 10.2. The fraction of sp³-hybridized carbons (Fsp3) is 0.667. The minimum Gasteiger partial charge on any atom is -0.418 e. The van der Waals surface area contributed by atoms with Crippen LogP contribution >= 0.6 is 0 Å². The van der Waals surface area contributed by atoms with E-state index < -0.39 is 6.41 Å². The van der Waals surface area contributed by atoms with Crippen LogP contribution in [-0.2, 0) is 14.3 Å². The number of rotatable bonds is 3. The first-order valence-corrected chi connectivity index (χ1v) is 4.46. The maximum atomic E-state index is 11.3. The van der Waals surface area contributed by atoms with Crippen molar-refractivity contribution >= 4 is 5.97 Å². The molecule has 1 N–H and O–H groups in total. The highest BCUT2D eigenvalue weighted by Crippen LogP contribution is 2.04. The number of hydrogen-bond acceptors (Lipinski definition) is 4. The third-order valence-corrected chi connectivity index (χ3v) is 1.73. The standard InChI is InChI=1S/C9H15NO3/c1-3-4-7(2)8(11)13-9-10-5-6-12-9/h4,9-10H,3,5-6H2,1-2H3. The molecule has 0 aromatic rings. The molecular weight excluding hydrogens is 170 g/mol. The number of carbonyl (C=O) groups excluding carboxylic acids is 1. The zero-order valence-corrected chi connectivity index (χ0v) is 8.00. The molecular formula is C9H15NO3. The molecule has 0 amide bonds. The maximum Gasteiger partial charge on any atom is 0.336 e. The summed E-state index contributed by atoms with van der Waals surface area (Å²) >= 11 is 0. The van der Waals surface area contributed by atoms with Crippen LogP contribution in [0.25, 0.3) is 0 Å². The van der Waals surface area contributed by atoms with Crippen LogP contribution in [0.5, 0.6) is 0 Å². The van der Waals surface area contributed by atoms with Gasteiger partial charge in [0.1, 0.15) is 0 Å². The number of hydrogen-bond donors (Lipinski definition) is 1. The van der Waals surface area contributed by atoms with E-state index in [0.717, 1.165) is 13.0 Å². The Bertz CT molecular complexity index is 207. The summed E-state index contributed by atoms with van der Waals surface area (Å²) in [5, 5.41) is 2.89. The van der Waals surface area contributed by atoms with Crippen LogP contribution in [0.1, 0.15) is 20.3 Å². The smallest absolute Gasteiger partial charge is 0.336 e. The van der Waals surface area contributed by atoms with Gasteiger partial charge in [0.25, 0.3) is 6.41 Å². The summed E-state index contributed by atoms with van der Waals surface area (Å²) in [6.45, 7) is 5.03. The summed E-state index contributed by atoms with van der Waals surface area (Å²) in [5.41, 5.74) is 0.625. The first-order chi connectivity index (χ1) is 6.24. The Morgan fingerprint density at radius 2 is 2.54 bits per heavy atom. The van der Waals surface area contributed by atoms with Crippen LogP contribution in [0.15, 0.2) is 11.6 Å². The number of carbonyl (C=O) groups is 1. The van der Waals surface area contributed by atoms with E-state index in [0.29, 0.717) is 12.2 Å². The van der Waals surface area contributed by atoms with Gasteiger partial charge in [-0.1, -0.05) is 13.0 Å². The summed E-state index contributed by atoms with van der Waals surface area (Å²) in [4.78, 5) is 11.3. The van der Waals surface area contributed by atoms with Gasteiger partial charge in [-0.15, -0.1) is 0 Å². The molecule has 13 heavy (non-hydrogen) atoms. The van der Waals surface area contributed by atoms with Crippen molar-refractivity contribution in [2.45, 2.75) is 26.7 Å². The molecule has 1 saturated heterocycles. The van der Waals surface area contributed by atoms with Crippen molar-refractivity contribution in [3.05, 3.63) is 11.6 Å². The Balaban J connectivity index is 2.35. The zero-order chi connectivity index (χ0) is 9.68. The number of esters is 1. The molecule has 1 rings (SSSR count). The molecule has 1 atom stereocenters. The average molecular weight is 185 g/mol. The third-order valence-electron chi connectivity index (χ3n) is 1.73. The summed E-state index contributed by atoms with van der Waals surface area (Å²) in [6, 6.07) is 0. The molecule has 1 heterocycles. The Labute approximate surface area is 77.9 Å². The van der Waals surface area contributed by atoms with Crippen molar-refractivity contribution in [1.29, 1.82) is 0 Å². The summed E-state index contributed by atoms with van der Waals surface area (Å²) < 4.78 is 10.1. The van der Waals surface area contributed by atoms with E-state index in [1.165, 1.54) is 0 Å². The summed E-state index contributed by atoms with van der Waals surface area (Å²) in [7, 11) is 0. The molecule has 0 radical (unpaired) electrons. The van der Waals surface area contributed by atoms with E-state index in [4.69, 9.17) is 9.47 Å². The fourth-order valence-electron chi connectivity index (χ4n) is 1.06. The summed E-state index contributed by atoms with van der Waals surface area (Å²) in [6.07, 6.45) is 2.10. The van der Waals surface area contributed by atoms with Gasteiger partial charge in [0.05, 0.1) is 6.61 Å². The van der Waals surface area contributed by atoms with E-state index in [1.54, 1.807) is 6.92 Å². The molecule has 0 spiro atoms. The SMILES string of the molecule is CCC=C(C)C(=O)OC1NCCO1. The van der Waals surface area contributed by atoms with Gasteiger partial charge in [0.2, 0.25) is 0 Å². The molecule has 0 aliphatic carbocycles. The van der Waals surface area contributed by atoms with Crippen molar-refractivity contribution in [3.63, 3.8) is 0 Å². The highest BCUT2D eigenvalue weighted by atomic mass is 16.7. The van der Waals surface area contributed by atoms with Gasteiger partial charge < -0.3 is 9.47 Å². The van der Waals surface area contributed by atoms with E-state index in [-0.39, 0.29) is 5.97 Å². The molecule has 0 aromatic carbocycles. The predicted octanol–water partition coefficient (Wildman–Crippen LogP) is 0.789. The lowest BCUT2D eigenvalue weighted by Crippen LogP contribution is -2.29. The van der Waals surface area contributed by atoms with E-state index in [1.807, 2.05) is 13.0 Å². The van der Waals surface area contributed by atoms with Crippen molar-refractivity contribution < 1.29 is 14.3 Å². The predicted molar refractivity (Wildman–Crippen MR) is 47.9 cm³/mol. The highest BCUT2D eigenvalue weighted by molar-refractivity contribution is 5.87. The topological polar surface area (TPSA) is 47.6 Å². The molecule has 1 unspecified atom stereocenters. The Hall–Kier alpha value is -0.870. The van der Waals surface area contributed by atoms with Crippen LogP contribution in [0.3, 0.4) is 0 Å². The molecule has 1 aliphatic rings. The van der Waals surface area contributed by atoms with Crippen molar-refractivity contribution in [2.24, 2.45) is 0 Å². The van der Waals surface area contributed by atoms with Gasteiger partial charge in [-0.3, -0.25) is 5.32 Å². The van der Waals surface area contributed by atoms with Crippen LogP contribution in [0.4, 0.5) is 0 Å². The van der Waals surface area contributed by atoms with E-state index in [9.17, 15) is 4.79 Å². The second kappa shape index (κ2) is 4.99. The lowest BCUT2D eigenvalue weighted by atomic mass is 10.2. The molecule has 0 bridgehead atoms. The average Bonchev–Trinajstić information content (AvgIpc) is 2.57. The number of nitrogens with one attached hydrogen (secondary N) is 1. The third kappa shape index (κ3) is 3.16.